The van der Waals surface area contributed by atoms with E-state index in [0.717, 1.165) is 5.56 Å². The van der Waals surface area contributed by atoms with Crippen molar-refractivity contribution >= 4 is 17.6 Å². The van der Waals surface area contributed by atoms with Crippen LogP contribution >= 0.6 is 11.6 Å². The molecule has 0 unspecified atom stereocenters. The van der Waals surface area contributed by atoms with E-state index in [-0.39, 0.29) is 5.97 Å². The number of rotatable bonds is 4. The molecule has 2 rings (SSSR count). The van der Waals surface area contributed by atoms with E-state index in [1.54, 1.807) is 36.3 Å². The molecule has 0 spiro atoms. The average molecular weight is 266 g/mol. The Morgan fingerprint density at radius 1 is 1.44 bits per heavy atom. The van der Waals surface area contributed by atoms with Crippen molar-refractivity contribution in [1.29, 1.82) is 0 Å². The maximum absolute atomic E-state index is 11.5. The second-order valence-electron chi connectivity index (χ2n) is 3.66. The lowest BCUT2D eigenvalue weighted by Crippen LogP contribution is -2.04. The van der Waals surface area contributed by atoms with E-state index in [9.17, 15) is 4.79 Å². The van der Waals surface area contributed by atoms with Gasteiger partial charge in [0.05, 0.1) is 29.9 Å². The minimum Gasteiger partial charge on any atom is -0.462 e. The van der Waals surface area contributed by atoms with Gasteiger partial charge in [-0.1, -0.05) is 11.6 Å². The number of ether oxygens (including phenoxy) is 1. The highest BCUT2D eigenvalue weighted by molar-refractivity contribution is 6.30. The number of halogens is 1. The molecule has 0 saturated carbocycles. The molecule has 0 aliphatic heterocycles. The van der Waals surface area contributed by atoms with Crippen LogP contribution < -0.4 is 0 Å². The molecule has 0 aliphatic carbocycles. The Balaban J connectivity index is 2.09. The Morgan fingerprint density at radius 3 is 3.00 bits per heavy atom. The fourth-order valence-electron chi connectivity index (χ4n) is 1.50. The zero-order chi connectivity index (χ0) is 13.0. The first-order valence-corrected chi connectivity index (χ1v) is 5.86. The van der Waals surface area contributed by atoms with Crippen LogP contribution in [0, 0.1) is 0 Å². The number of carbonyl (C=O) groups excluding carboxylic acids is 1. The summed E-state index contributed by atoms with van der Waals surface area (Å²) in [6.07, 6.45) is 6.39. The molecule has 2 aromatic rings. The van der Waals surface area contributed by atoms with Gasteiger partial charge in [0.25, 0.3) is 0 Å². The molecular weight excluding hydrogens is 254 g/mol. The first-order valence-electron chi connectivity index (χ1n) is 5.48. The number of nitrogens with zero attached hydrogens (tertiary/aromatic N) is 3. The fourth-order valence-corrected chi connectivity index (χ4v) is 1.70. The van der Waals surface area contributed by atoms with Crippen molar-refractivity contribution in [3.63, 3.8) is 0 Å². The zero-order valence-electron chi connectivity index (χ0n) is 9.84. The van der Waals surface area contributed by atoms with Crippen LogP contribution in [0.25, 0.3) is 0 Å². The smallest absolute Gasteiger partial charge is 0.341 e. The molecule has 0 saturated heterocycles. The SMILES string of the molecule is CCOC(=O)c1cnn(Cc2cncc(Cl)c2)c1. The maximum Gasteiger partial charge on any atom is 0.341 e. The molecule has 0 N–H and O–H groups in total. The van der Waals surface area contributed by atoms with E-state index in [4.69, 9.17) is 16.3 Å². The number of carbonyl (C=O) groups is 1. The number of pyridine rings is 1. The van der Waals surface area contributed by atoms with Crippen LogP contribution in [0.1, 0.15) is 22.8 Å². The molecule has 0 amide bonds. The standard InChI is InChI=1S/C12H12ClN3O2/c1-2-18-12(17)10-5-15-16(8-10)7-9-3-11(13)6-14-4-9/h3-6,8H,2,7H2,1H3. The fraction of sp³-hybridized carbons (Fsp3) is 0.250. The molecule has 6 heteroatoms. The van der Waals surface area contributed by atoms with Gasteiger partial charge >= 0.3 is 5.97 Å². The van der Waals surface area contributed by atoms with Gasteiger partial charge in [0, 0.05) is 18.6 Å². The molecule has 0 fully saturated rings. The second-order valence-corrected chi connectivity index (χ2v) is 4.09. The molecule has 0 aliphatic rings. The summed E-state index contributed by atoms with van der Waals surface area (Å²) in [6, 6.07) is 1.81. The third kappa shape index (κ3) is 3.07. The number of hydrogen-bond donors (Lipinski definition) is 0. The predicted molar refractivity (Wildman–Crippen MR) is 66.5 cm³/mol. The van der Waals surface area contributed by atoms with Gasteiger partial charge in [0.1, 0.15) is 0 Å². The first kappa shape index (κ1) is 12.6. The second kappa shape index (κ2) is 5.64. The summed E-state index contributed by atoms with van der Waals surface area (Å²) in [6.45, 7) is 2.62. The molecule has 5 nitrogen and oxygen atoms in total. The highest BCUT2D eigenvalue weighted by Gasteiger charge is 2.09. The Kier molecular flexibility index (Phi) is 3.94. The topological polar surface area (TPSA) is 57.0 Å². The summed E-state index contributed by atoms with van der Waals surface area (Å²) in [5.41, 5.74) is 1.35. The largest absolute Gasteiger partial charge is 0.462 e. The maximum atomic E-state index is 11.5. The van der Waals surface area contributed by atoms with Gasteiger partial charge in [0.15, 0.2) is 0 Å². The lowest BCUT2D eigenvalue weighted by Gasteiger charge is -2.01. The normalized spacial score (nSPS) is 10.3. The van der Waals surface area contributed by atoms with Crippen LogP contribution in [0.2, 0.25) is 5.02 Å². The van der Waals surface area contributed by atoms with Crippen LogP contribution in [-0.4, -0.2) is 27.3 Å². The van der Waals surface area contributed by atoms with Crippen LogP contribution in [-0.2, 0) is 11.3 Å². The van der Waals surface area contributed by atoms with Crippen molar-refractivity contribution in [3.05, 3.63) is 47.0 Å². The molecule has 18 heavy (non-hydrogen) atoms. The van der Waals surface area contributed by atoms with E-state index < -0.39 is 0 Å². The third-order valence-electron chi connectivity index (χ3n) is 2.25. The molecule has 0 atom stereocenters. The van der Waals surface area contributed by atoms with Crippen LogP contribution in [0.3, 0.4) is 0 Å². The van der Waals surface area contributed by atoms with Crippen molar-refractivity contribution in [2.45, 2.75) is 13.5 Å². The first-order chi connectivity index (χ1) is 8.69. The molecule has 94 valence electrons. The zero-order valence-corrected chi connectivity index (χ0v) is 10.6. The lowest BCUT2D eigenvalue weighted by atomic mass is 10.3. The van der Waals surface area contributed by atoms with Crippen molar-refractivity contribution in [1.82, 2.24) is 14.8 Å². The molecule has 2 aromatic heterocycles. The highest BCUT2D eigenvalue weighted by Crippen LogP contribution is 2.10. The Bertz CT molecular complexity index is 554. The lowest BCUT2D eigenvalue weighted by molar-refractivity contribution is 0.0526. The minimum atomic E-state index is -0.368. The number of hydrogen-bond acceptors (Lipinski definition) is 4. The number of aromatic nitrogens is 3. The van der Waals surface area contributed by atoms with Crippen molar-refractivity contribution < 1.29 is 9.53 Å². The Hall–Kier alpha value is -1.88. The minimum absolute atomic E-state index is 0.349. The van der Waals surface area contributed by atoms with Crippen molar-refractivity contribution in [2.75, 3.05) is 6.61 Å². The quantitative estimate of drug-likeness (QED) is 0.795. The van der Waals surface area contributed by atoms with E-state index in [1.165, 1.54) is 6.20 Å². The summed E-state index contributed by atoms with van der Waals surface area (Å²) in [7, 11) is 0. The summed E-state index contributed by atoms with van der Waals surface area (Å²) in [5.74, 6) is -0.368. The Labute approximate surface area is 109 Å². The molecule has 0 bridgehead atoms. The van der Waals surface area contributed by atoms with Gasteiger partial charge in [-0.3, -0.25) is 9.67 Å². The van der Waals surface area contributed by atoms with Crippen molar-refractivity contribution in [3.8, 4) is 0 Å². The van der Waals surface area contributed by atoms with E-state index in [1.807, 2.05) is 0 Å². The average Bonchev–Trinajstić information content (AvgIpc) is 2.78. The highest BCUT2D eigenvalue weighted by atomic mass is 35.5. The predicted octanol–water partition coefficient (Wildman–Crippen LogP) is 2.16. The van der Waals surface area contributed by atoms with Crippen molar-refractivity contribution in [2.24, 2.45) is 0 Å². The summed E-state index contributed by atoms with van der Waals surface area (Å²) >= 11 is 5.84. The van der Waals surface area contributed by atoms with Gasteiger partial charge in [-0.25, -0.2) is 4.79 Å². The molecule has 0 aromatic carbocycles. The molecule has 0 radical (unpaired) electrons. The van der Waals surface area contributed by atoms with E-state index in [2.05, 4.69) is 10.1 Å². The van der Waals surface area contributed by atoms with E-state index >= 15 is 0 Å². The van der Waals surface area contributed by atoms with Crippen LogP contribution in [0.15, 0.2) is 30.9 Å². The summed E-state index contributed by atoms with van der Waals surface area (Å²) in [4.78, 5) is 15.4. The van der Waals surface area contributed by atoms with Crippen LogP contribution in [0.4, 0.5) is 0 Å². The van der Waals surface area contributed by atoms with Gasteiger partial charge in [-0.05, 0) is 18.6 Å². The summed E-state index contributed by atoms with van der Waals surface area (Å²) in [5, 5.41) is 4.66. The van der Waals surface area contributed by atoms with Gasteiger partial charge in [-0.15, -0.1) is 0 Å². The van der Waals surface area contributed by atoms with E-state index in [0.29, 0.717) is 23.7 Å². The van der Waals surface area contributed by atoms with Crippen LogP contribution in [0.5, 0.6) is 0 Å². The monoisotopic (exact) mass is 265 g/mol. The van der Waals surface area contributed by atoms with Gasteiger partial charge in [0.2, 0.25) is 0 Å². The third-order valence-corrected chi connectivity index (χ3v) is 2.46. The summed E-state index contributed by atoms with van der Waals surface area (Å²) < 4.78 is 6.52. The van der Waals surface area contributed by atoms with Gasteiger partial charge in [-0.2, -0.15) is 5.10 Å². The number of esters is 1. The molecule has 2 heterocycles. The van der Waals surface area contributed by atoms with Gasteiger partial charge < -0.3 is 4.74 Å². The molecular formula is C12H12ClN3O2. The Morgan fingerprint density at radius 2 is 2.28 bits per heavy atom.